The predicted molar refractivity (Wildman–Crippen MR) is 53.4 cm³/mol. The van der Waals surface area contributed by atoms with Crippen molar-refractivity contribution in [2.24, 2.45) is 11.3 Å². The fourth-order valence-corrected chi connectivity index (χ4v) is 2.88. The van der Waals surface area contributed by atoms with E-state index in [4.69, 9.17) is 0 Å². The molecule has 72 valence electrons. The number of rotatable bonds is 0. The third-order valence-corrected chi connectivity index (χ3v) is 3.82. The van der Waals surface area contributed by atoms with Gasteiger partial charge >= 0.3 is 0 Å². The molecule has 0 heterocycles. The van der Waals surface area contributed by atoms with Crippen molar-refractivity contribution in [1.82, 2.24) is 0 Å². The minimum Gasteiger partial charge on any atom is -0.299 e. The van der Waals surface area contributed by atoms with E-state index in [0.717, 1.165) is 19.3 Å². The lowest BCUT2D eigenvalue weighted by molar-refractivity contribution is -0.130. The molecule has 2 atom stereocenters. The molecule has 13 heavy (non-hydrogen) atoms. The first-order valence-electron chi connectivity index (χ1n) is 5.40. The van der Waals surface area contributed by atoms with Crippen LogP contribution in [0.3, 0.4) is 0 Å². The van der Waals surface area contributed by atoms with Crippen LogP contribution in [0.1, 0.15) is 45.4 Å². The number of hydrogen-bond acceptors (Lipinski definition) is 1. The Morgan fingerprint density at radius 1 is 1.38 bits per heavy atom. The van der Waals surface area contributed by atoms with Crippen molar-refractivity contribution in [3.8, 4) is 0 Å². The second-order valence-corrected chi connectivity index (χ2v) is 4.77. The molecule has 0 radical (unpaired) electrons. The van der Waals surface area contributed by atoms with E-state index in [1.54, 1.807) is 0 Å². The molecule has 0 N–H and O–H groups in total. The Bertz CT molecular complexity index is 242. The van der Waals surface area contributed by atoms with Crippen LogP contribution in [-0.4, -0.2) is 5.78 Å². The molecular formula is C12H18O. The number of ketones is 1. The fraction of sp³-hybridized carbons (Fsp3) is 0.750. The normalized spacial score (nSPS) is 39.8. The Morgan fingerprint density at radius 3 is 3.08 bits per heavy atom. The standard InChI is InChI=1S/C12H18O/c1-12-8-4-2-3-6-10(12)11(13)7-5-9-12/h2-3,10H,4-9H2,1H3/t10-,12+/m0/s1. The molecule has 0 bridgehead atoms. The summed E-state index contributed by atoms with van der Waals surface area (Å²) in [6, 6.07) is 0. The molecule has 0 aromatic rings. The van der Waals surface area contributed by atoms with E-state index in [2.05, 4.69) is 19.1 Å². The van der Waals surface area contributed by atoms with Crippen LogP contribution in [0.2, 0.25) is 0 Å². The summed E-state index contributed by atoms with van der Waals surface area (Å²) in [6.07, 6.45) is 11.0. The fourth-order valence-electron chi connectivity index (χ4n) is 2.88. The average Bonchev–Trinajstić information content (AvgIpc) is 2.27. The topological polar surface area (TPSA) is 17.1 Å². The van der Waals surface area contributed by atoms with Crippen LogP contribution in [0.5, 0.6) is 0 Å². The molecule has 1 saturated carbocycles. The second kappa shape index (κ2) is 3.28. The lowest BCUT2D eigenvalue weighted by atomic mass is 9.64. The molecule has 2 aliphatic carbocycles. The van der Waals surface area contributed by atoms with Crippen LogP contribution in [0.4, 0.5) is 0 Å². The maximum Gasteiger partial charge on any atom is 0.136 e. The Morgan fingerprint density at radius 2 is 2.23 bits per heavy atom. The first-order valence-corrected chi connectivity index (χ1v) is 5.40. The van der Waals surface area contributed by atoms with Crippen LogP contribution in [0, 0.1) is 11.3 Å². The van der Waals surface area contributed by atoms with Gasteiger partial charge in [0.1, 0.15) is 5.78 Å². The molecule has 1 fully saturated rings. The molecule has 0 spiro atoms. The molecule has 0 amide bonds. The van der Waals surface area contributed by atoms with Crippen LogP contribution in [0.15, 0.2) is 12.2 Å². The summed E-state index contributed by atoms with van der Waals surface area (Å²) in [5.41, 5.74) is 0.318. The maximum atomic E-state index is 11.8. The summed E-state index contributed by atoms with van der Waals surface area (Å²) in [5.74, 6) is 0.848. The van der Waals surface area contributed by atoms with Crippen LogP contribution in [0.25, 0.3) is 0 Å². The van der Waals surface area contributed by atoms with Crippen molar-refractivity contribution in [2.45, 2.75) is 45.4 Å². The molecule has 1 nitrogen and oxygen atoms in total. The Labute approximate surface area is 80.2 Å². The van der Waals surface area contributed by atoms with E-state index in [1.807, 2.05) is 0 Å². The van der Waals surface area contributed by atoms with E-state index >= 15 is 0 Å². The van der Waals surface area contributed by atoms with E-state index in [0.29, 0.717) is 17.1 Å². The van der Waals surface area contributed by atoms with E-state index in [9.17, 15) is 4.79 Å². The lowest BCUT2D eigenvalue weighted by Gasteiger charge is -2.39. The van der Waals surface area contributed by atoms with Crippen molar-refractivity contribution in [3.05, 3.63) is 12.2 Å². The second-order valence-electron chi connectivity index (χ2n) is 4.77. The lowest BCUT2D eigenvalue weighted by Crippen LogP contribution is -2.36. The zero-order chi connectivity index (χ0) is 9.31. The highest BCUT2D eigenvalue weighted by Gasteiger charge is 2.40. The minimum absolute atomic E-state index is 0.318. The molecule has 1 heteroatoms. The van der Waals surface area contributed by atoms with Crippen molar-refractivity contribution in [3.63, 3.8) is 0 Å². The summed E-state index contributed by atoms with van der Waals surface area (Å²) < 4.78 is 0. The Hall–Kier alpha value is -0.590. The van der Waals surface area contributed by atoms with Gasteiger partial charge in [-0.3, -0.25) is 4.79 Å². The highest BCUT2D eigenvalue weighted by atomic mass is 16.1. The van der Waals surface area contributed by atoms with Gasteiger partial charge in [-0.1, -0.05) is 19.1 Å². The molecule has 0 saturated heterocycles. The summed E-state index contributed by atoms with van der Waals surface area (Å²) in [4.78, 5) is 11.8. The monoisotopic (exact) mass is 178 g/mol. The molecule has 0 unspecified atom stereocenters. The summed E-state index contributed by atoms with van der Waals surface area (Å²) in [6.45, 7) is 2.31. The summed E-state index contributed by atoms with van der Waals surface area (Å²) in [7, 11) is 0. The molecule has 0 aromatic heterocycles. The van der Waals surface area contributed by atoms with Crippen LogP contribution in [-0.2, 0) is 4.79 Å². The zero-order valence-electron chi connectivity index (χ0n) is 8.38. The average molecular weight is 178 g/mol. The molecular weight excluding hydrogens is 160 g/mol. The summed E-state index contributed by atoms with van der Waals surface area (Å²) >= 11 is 0. The van der Waals surface area contributed by atoms with Crippen molar-refractivity contribution in [1.29, 1.82) is 0 Å². The van der Waals surface area contributed by atoms with Gasteiger partial charge in [0.05, 0.1) is 0 Å². The van der Waals surface area contributed by atoms with Crippen molar-refractivity contribution in [2.75, 3.05) is 0 Å². The minimum atomic E-state index is 0.318. The van der Waals surface area contributed by atoms with Gasteiger partial charge in [0.15, 0.2) is 0 Å². The molecule has 0 aromatic carbocycles. The van der Waals surface area contributed by atoms with Gasteiger partial charge in [0.2, 0.25) is 0 Å². The number of Topliss-reactive ketones (excluding diaryl/α,β-unsaturated/α-hetero) is 1. The smallest absolute Gasteiger partial charge is 0.136 e. The van der Waals surface area contributed by atoms with Crippen molar-refractivity contribution < 1.29 is 4.79 Å². The molecule has 2 aliphatic rings. The first-order chi connectivity index (χ1) is 6.22. The van der Waals surface area contributed by atoms with E-state index < -0.39 is 0 Å². The Kier molecular flexibility index (Phi) is 2.27. The largest absolute Gasteiger partial charge is 0.299 e. The third kappa shape index (κ3) is 1.56. The molecule has 0 aliphatic heterocycles. The summed E-state index contributed by atoms with van der Waals surface area (Å²) in [5, 5.41) is 0. The number of hydrogen-bond donors (Lipinski definition) is 0. The van der Waals surface area contributed by atoms with Crippen LogP contribution < -0.4 is 0 Å². The zero-order valence-corrected chi connectivity index (χ0v) is 8.38. The van der Waals surface area contributed by atoms with Gasteiger partial charge in [-0.25, -0.2) is 0 Å². The quantitative estimate of drug-likeness (QED) is 0.521. The highest BCUT2D eigenvalue weighted by Crippen LogP contribution is 2.45. The van der Waals surface area contributed by atoms with Crippen molar-refractivity contribution >= 4 is 5.78 Å². The molecule has 2 rings (SSSR count). The van der Waals surface area contributed by atoms with Gasteiger partial charge in [-0.2, -0.15) is 0 Å². The van der Waals surface area contributed by atoms with E-state index in [-0.39, 0.29) is 0 Å². The Balaban J connectivity index is 2.22. The van der Waals surface area contributed by atoms with Gasteiger partial charge in [-0.15, -0.1) is 0 Å². The first kappa shape index (κ1) is 8.98. The maximum absolute atomic E-state index is 11.8. The number of carbonyl (C=O) groups is 1. The predicted octanol–water partition coefficient (Wildman–Crippen LogP) is 3.10. The number of allylic oxidation sites excluding steroid dienone is 2. The van der Waals surface area contributed by atoms with Crippen LogP contribution >= 0.6 is 0 Å². The van der Waals surface area contributed by atoms with E-state index in [1.165, 1.54) is 19.3 Å². The van der Waals surface area contributed by atoms with Gasteiger partial charge in [-0.05, 0) is 37.5 Å². The third-order valence-electron chi connectivity index (χ3n) is 3.82. The number of fused-ring (bicyclic) bond motifs is 1. The number of carbonyl (C=O) groups excluding carboxylic acids is 1. The SMILES string of the molecule is C[C@]12CCC=CC[C@H]1C(=O)CCC2. The van der Waals surface area contributed by atoms with Gasteiger partial charge < -0.3 is 0 Å². The highest BCUT2D eigenvalue weighted by molar-refractivity contribution is 5.82. The van der Waals surface area contributed by atoms with Gasteiger partial charge in [0, 0.05) is 12.3 Å². The van der Waals surface area contributed by atoms with Gasteiger partial charge in [0.25, 0.3) is 0 Å².